The van der Waals surface area contributed by atoms with E-state index in [1.165, 1.54) is 12.3 Å². The molecule has 0 radical (unpaired) electrons. The Balaban J connectivity index is 2.68. The molecule has 1 aliphatic rings. The topological polar surface area (TPSA) is 62.0 Å². The smallest absolute Gasteiger partial charge is 0.421 e. The van der Waals surface area contributed by atoms with E-state index < -0.39 is 7.12 Å². The predicted molar refractivity (Wildman–Crippen MR) is 37.0 cm³/mol. The molecule has 0 bridgehead atoms. The van der Waals surface area contributed by atoms with Gasteiger partial charge in [-0.05, 0) is 12.2 Å². The summed E-state index contributed by atoms with van der Waals surface area (Å²) in [5.41, 5.74) is 0.0185. The van der Waals surface area contributed by atoms with Gasteiger partial charge in [0.1, 0.15) is 0 Å². The van der Waals surface area contributed by atoms with Gasteiger partial charge in [0.15, 0.2) is 5.66 Å². The lowest BCUT2D eigenvalue weighted by Gasteiger charge is -1.98. The molecule has 52 valence electrons. The maximum absolute atomic E-state index is 8.56. The van der Waals surface area contributed by atoms with Crippen molar-refractivity contribution in [2.75, 3.05) is 0 Å². The van der Waals surface area contributed by atoms with Crippen LogP contribution in [-0.4, -0.2) is 23.4 Å². The van der Waals surface area contributed by atoms with E-state index in [-0.39, 0.29) is 5.66 Å². The fraction of sp³-hybridized carbons (Fsp3) is 0. The van der Waals surface area contributed by atoms with Gasteiger partial charge in [0.2, 0.25) is 0 Å². The van der Waals surface area contributed by atoms with Crippen molar-refractivity contribution in [3.05, 3.63) is 23.9 Å². The monoisotopic (exact) mass is 139 g/mol. The minimum atomic E-state index is -1.60. The Bertz CT molecular complexity index is 197. The summed E-state index contributed by atoms with van der Waals surface area (Å²) in [6.07, 6.45) is 6.06. The van der Waals surface area contributed by atoms with Crippen molar-refractivity contribution < 1.29 is 14.9 Å². The molecule has 0 atom stereocenters. The van der Waals surface area contributed by atoms with Gasteiger partial charge in [-0.25, -0.2) is 0 Å². The number of hydrogen-bond acceptors (Lipinski definition) is 4. The zero-order valence-electron chi connectivity index (χ0n) is 5.14. The number of nitrogens with zero attached hydrogens (tertiary/aromatic N) is 1. The van der Waals surface area contributed by atoms with Crippen molar-refractivity contribution in [1.29, 1.82) is 0 Å². The second-order valence-corrected chi connectivity index (χ2v) is 1.67. The molecular formula is C5H6BNO3. The highest BCUT2D eigenvalue weighted by atomic mass is 16.6. The average Bonchev–Trinajstić information content (AvgIpc) is 2.12. The van der Waals surface area contributed by atoms with Crippen LogP contribution < -0.4 is 0 Å². The summed E-state index contributed by atoms with van der Waals surface area (Å²) in [5.74, 6) is 0. The van der Waals surface area contributed by atoms with Gasteiger partial charge in [0, 0.05) is 0 Å². The van der Waals surface area contributed by atoms with Gasteiger partial charge >= 0.3 is 7.12 Å². The van der Waals surface area contributed by atoms with Crippen molar-refractivity contribution in [3.63, 3.8) is 0 Å². The third-order valence-corrected chi connectivity index (χ3v) is 0.931. The molecule has 0 saturated heterocycles. The maximum atomic E-state index is 8.56. The van der Waals surface area contributed by atoms with Crippen LogP contribution in [0.2, 0.25) is 0 Å². The van der Waals surface area contributed by atoms with E-state index in [1.807, 2.05) is 0 Å². The Kier molecular flexibility index (Phi) is 2.25. The second kappa shape index (κ2) is 3.19. The van der Waals surface area contributed by atoms with Crippen molar-refractivity contribution >= 4 is 13.3 Å². The van der Waals surface area contributed by atoms with Gasteiger partial charge in [-0.2, -0.15) is 0 Å². The molecule has 2 N–H and O–H groups in total. The molecule has 4 nitrogen and oxygen atoms in total. The molecule has 10 heavy (non-hydrogen) atoms. The maximum Gasteiger partial charge on any atom is 0.529 e. The SMILES string of the molecule is OB(O)C1=CC=CC=NO1. The first kappa shape index (κ1) is 7.05. The molecule has 0 spiro atoms. The standard InChI is InChI=1S/C5H6BNO3/c8-6(9)5-3-1-2-4-7-10-5/h1-4,8-9H. The second-order valence-electron chi connectivity index (χ2n) is 1.67. The van der Waals surface area contributed by atoms with Gasteiger partial charge < -0.3 is 14.9 Å². The van der Waals surface area contributed by atoms with Gasteiger partial charge in [-0.15, -0.1) is 0 Å². The molecule has 0 aromatic carbocycles. The van der Waals surface area contributed by atoms with E-state index in [4.69, 9.17) is 10.0 Å². The van der Waals surface area contributed by atoms with Crippen LogP contribution in [0.5, 0.6) is 0 Å². The fourth-order valence-electron chi connectivity index (χ4n) is 0.490. The normalized spacial score (nSPS) is 15.6. The first-order valence-electron chi connectivity index (χ1n) is 2.74. The van der Waals surface area contributed by atoms with Crippen LogP contribution in [0.15, 0.2) is 29.0 Å². The lowest BCUT2D eigenvalue weighted by molar-refractivity contribution is 0.230. The molecule has 0 saturated carbocycles. The molecule has 0 fully saturated rings. The number of rotatable bonds is 1. The first-order valence-corrected chi connectivity index (χ1v) is 2.74. The van der Waals surface area contributed by atoms with E-state index in [9.17, 15) is 0 Å². The quantitative estimate of drug-likeness (QED) is 0.479. The summed E-state index contributed by atoms with van der Waals surface area (Å²) in [4.78, 5) is 4.53. The molecule has 0 unspecified atom stereocenters. The molecule has 0 aromatic heterocycles. The minimum absolute atomic E-state index is 0.0185. The van der Waals surface area contributed by atoms with E-state index in [2.05, 4.69) is 9.99 Å². The van der Waals surface area contributed by atoms with Crippen molar-refractivity contribution in [2.24, 2.45) is 5.16 Å². The van der Waals surface area contributed by atoms with Gasteiger partial charge in [-0.1, -0.05) is 11.2 Å². The summed E-state index contributed by atoms with van der Waals surface area (Å²) in [6.45, 7) is 0. The Hall–Kier alpha value is -1.07. The zero-order chi connectivity index (χ0) is 7.40. The van der Waals surface area contributed by atoms with Crippen LogP contribution in [0.4, 0.5) is 0 Å². The Morgan fingerprint density at radius 2 is 2.20 bits per heavy atom. The lowest BCUT2D eigenvalue weighted by atomic mass is 9.88. The van der Waals surface area contributed by atoms with Crippen molar-refractivity contribution in [2.45, 2.75) is 0 Å². The molecular weight excluding hydrogens is 133 g/mol. The predicted octanol–water partition coefficient (Wildman–Crippen LogP) is -0.546. The first-order chi connectivity index (χ1) is 4.80. The zero-order valence-corrected chi connectivity index (χ0v) is 5.14. The fourth-order valence-corrected chi connectivity index (χ4v) is 0.490. The summed E-state index contributed by atoms with van der Waals surface area (Å²) in [7, 11) is -1.60. The summed E-state index contributed by atoms with van der Waals surface area (Å²) >= 11 is 0. The number of oxime groups is 1. The van der Waals surface area contributed by atoms with E-state index in [0.29, 0.717) is 0 Å². The van der Waals surface area contributed by atoms with Crippen molar-refractivity contribution in [1.82, 2.24) is 0 Å². The highest BCUT2D eigenvalue weighted by molar-refractivity contribution is 6.49. The highest BCUT2D eigenvalue weighted by Gasteiger charge is 2.16. The number of hydrogen-bond donors (Lipinski definition) is 2. The van der Waals surface area contributed by atoms with Crippen LogP contribution in [-0.2, 0) is 4.84 Å². The molecule has 0 aliphatic carbocycles. The molecule has 1 aliphatic heterocycles. The van der Waals surface area contributed by atoms with E-state index in [0.717, 1.165) is 0 Å². The average molecular weight is 139 g/mol. The molecule has 0 amide bonds. The minimum Gasteiger partial charge on any atom is -0.421 e. The molecule has 5 heteroatoms. The third kappa shape index (κ3) is 1.71. The summed E-state index contributed by atoms with van der Waals surface area (Å²) in [5, 5.41) is 20.5. The van der Waals surface area contributed by atoms with Crippen LogP contribution in [0.3, 0.4) is 0 Å². The van der Waals surface area contributed by atoms with E-state index in [1.54, 1.807) is 12.2 Å². The lowest BCUT2D eigenvalue weighted by Crippen LogP contribution is -2.15. The van der Waals surface area contributed by atoms with Crippen LogP contribution >= 0.6 is 0 Å². The summed E-state index contributed by atoms with van der Waals surface area (Å²) in [6, 6.07) is 0. The van der Waals surface area contributed by atoms with Gasteiger partial charge in [0.05, 0.1) is 6.21 Å². The molecule has 1 rings (SSSR count). The Labute approximate surface area is 58.3 Å². The molecule has 1 heterocycles. The van der Waals surface area contributed by atoms with Crippen LogP contribution in [0.25, 0.3) is 0 Å². The third-order valence-electron chi connectivity index (χ3n) is 0.931. The highest BCUT2D eigenvalue weighted by Crippen LogP contribution is 2.01. The van der Waals surface area contributed by atoms with E-state index >= 15 is 0 Å². The molecule has 0 aromatic rings. The summed E-state index contributed by atoms with van der Waals surface area (Å²) < 4.78 is 0. The largest absolute Gasteiger partial charge is 0.529 e. The van der Waals surface area contributed by atoms with Crippen LogP contribution in [0.1, 0.15) is 0 Å². The Morgan fingerprint density at radius 3 is 2.90 bits per heavy atom. The van der Waals surface area contributed by atoms with Crippen molar-refractivity contribution in [3.8, 4) is 0 Å². The van der Waals surface area contributed by atoms with Crippen LogP contribution in [0, 0.1) is 0 Å². The van der Waals surface area contributed by atoms with Gasteiger partial charge in [0.25, 0.3) is 0 Å². The van der Waals surface area contributed by atoms with Gasteiger partial charge in [-0.3, -0.25) is 0 Å². The Morgan fingerprint density at radius 1 is 1.40 bits per heavy atom. The number of allylic oxidation sites excluding steroid dienone is 3.